The molecule has 0 spiro atoms. The van der Waals surface area contributed by atoms with Gasteiger partial charge in [-0.25, -0.2) is 0 Å². The van der Waals surface area contributed by atoms with Crippen LogP contribution in [0.5, 0.6) is 11.5 Å². The van der Waals surface area contributed by atoms with Gasteiger partial charge in [-0.1, -0.05) is 23.7 Å². The number of carbonyl (C=O) groups excluding carboxylic acids is 1. The van der Waals surface area contributed by atoms with Gasteiger partial charge in [0.05, 0.1) is 33.5 Å². The quantitative estimate of drug-likeness (QED) is 0.754. The van der Waals surface area contributed by atoms with E-state index in [-0.39, 0.29) is 5.91 Å². The van der Waals surface area contributed by atoms with Crippen molar-refractivity contribution in [3.8, 4) is 11.5 Å². The van der Waals surface area contributed by atoms with Crippen LogP contribution in [0.3, 0.4) is 0 Å². The molecule has 0 aromatic heterocycles. The third-order valence-electron chi connectivity index (χ3n) is 3.90. The van der Waals surface area contributed by atoms with Crippen molar-refractivity contribution in [2.75, 3.05) is 39.7 Å². The molecule has 0 bridgehead atoms. The molecule has 1 amide bonds. The SMILES string of the molecule is COc1ccc(CC[NH+](C)CC(=O)Nc2cc(Cl)ccc2OC)cc1. The van der Waals surface area contributed by atoms with Gasteiger partial charge in [0, 0.05) is 11.4 Å². The van der Waals surface area contributed by atoms with Crippen molar-refractivity contribution in [1.82, 2.24) is 0 Å². The maximum absolute atomic E-state index is 12.3. The summed E-state index contributed by atoms with van der Waals surface area (Å²) in [7, 11) is 5.21. The van der Waals surface area contributed by atoms with Gasteiger partial charge in [-0.05, 0) is 35.9 Å². The molecule has 1 unspecified atom stereocenters. The molecule has 2 aromatic rings. The summed E-state index contributed by atoms with van der Waals surface area (Å²) in [6.45, 7) is 1.22. The van der Waals surface area contributed by atoms with E-state index in [0.29, 0.717) is 23.0 Å². The molecule has 6 heteroatoms. The summed E-state index contributed by atoms with van der Waals surface area (Å²) >= 11 is 5.98. The van der Waals surface area contributed by atoms with Crippen LogP contribution in [0.25, 0.3) is 0 Å². The zero-order valence-corrected chi connectivity index (χ0v) is 15.5. The van der Waals surface area contributed by atoms with E-state index in [1.165, 1.54) is 5.56 Å². The van der Waals surface area contributed by atoms with Crippen molar-refractivity contribution in [2.45, 2.75) is 6.42 Å². The van der Waals surface area contributed by atoms with Crippen LogP contribution in [0.1, 0.15) is 5.56 Å². The first-order valence-electron chi connectivity index (χ1n) is 8.09. The number of methoxy groups -OCH3 is 2. The Balaban J connectivity index is 1.84. The highest BCUT2D eigenvalue weighted by molar-refractivity contribution is 6.31. The van der Waals surface area contributed by atoms with Gasteiger partial charge >= 0.3 is 0 Å². The molecule has 2 N–H and O–H groups in total. The molecule has 25 heavy (non-hydrogen) atoms. The second-order valence-corrected chi connectivity index (χ2v) is 6.31. The van der Waals surface area contributed by atoms with Crippen LogP contribution >= 0.6 is 11.6 Å². The Bertz CT molecular complexity index is 704. The van der Waals surface area contributed by atoms with Crippen LogP contribution in [0.15, 0.2) is 42.5 Å². The van der Waals surface area contributed by atoms with Gasteiger partial charge in [0.2, 0.25) is 0 Å². The number of carbonyl (C=O) groups is 1. The van der Waals surface area contributed by atoms with Crippen molar-refractivity contribution in [1.29, 1.82) is 0 Å². The molecular weight excluding hydrogens is 340 g/mol. The summed E-state index contributed by atoms with van der Waals surface area (Å²) in [5.41, 5.74) is 1.81. The van der Waals surface area contributed by atoms with E-state index in [0.717, 1.165) is 23.6 Å². The number of halogens is 1. The lowest BCUT2D eigenvalue weighted by atomic mass is 10.1. The maximum Gasteiger partial charge on any atom is 0.279 e. The largest absolute Gasteiger partial charge is 0.497 e. The third kappa shape index (κ3) is 5.96. The van der Waals surface area contributed by atoms with Gasteiger partial charge in [0.25, 0.3) is 5.91 Å². The fourth-order valence-corrected chi connectivity index (χ4v) is 2.66. The molecule has 0 aliphatic heterocycles. The summed E-state index contributed by atoms with van der Waals surface area (Å²) in [5, 5.41) is 3.41. The Morgan fingerprint density at radius 1 is 1.12 bits per heavy atom. The zero-order valence-electron chi connectivity index (χ0n) is 14.8. The number of ether oxygens (including phenoxy) is 2. The Morgan fingerprint density at radius 3 is 2.48 bits per heavy atom. The maximum atomic E-state index is 12.3. The highest BCUT2D eigenvalue weighted by atomic mass is 35.5. The van der Waals surface area contributed by atoms with Crippen molar-refractivity contribution in [2.24, 2.45) is 0 Å². The number of amides is 1. The number of rotatable bonds is 8. The lowest BCUT2D eigenvalue weighted by Crippen LogP contribution is -3.10. The molecule has 5 nitrogen and oxygen atoms in total. The summed E-state index contributed by atoms with van der Waals surface area (Å²) in [4.78, 5) is 13.4. The van der Waals surface area contributed by atoms with Gasteiger partial charge in [0.15, 0.2) is 6.54 Å². The Hall–Kier alpha value is -2.24. The molecule has 2 aromatic carbocycles. The summed E-state index contributed by atoms with van der Waals surface area (Å²) in [6, 6.07) is 13.1. The van der Waals surface area contributed by atoms with Gasteiger partial charge in [-0.3, -0.25) is 4.79 Å². The highest BCUT2D eigenvalue weighted by Gasteiger charge is 2.13. The van der Waals surface area contributed by atoms with Gasteiger partial charge in [-0.2, -0.15) is 0 Å². The van der Waals surface area contributed by atoms with E-state index in [1.54, 1.807) is 32.4 Å². The molecule has 1 atom stereocenters. The third-order valence-corrected chi connectivity index (χ3v) is 4.13. The fraction of sp³-hybridized carbons (Fsp3) is 0.316. The second kappa shape index (κ2) is 9.30. The topological polar surface area (TPSA) is 52.0 Å². The normalized spacial score (nSPS) is 11.7. The first-order chi connectivity index (χ1) is 12.0. The number of hydrogen-bond donors (Lipinski definition) is 2. The van der Waals surface area contributed by atoms with Crippen molar-refractivity contribution < 1.29 is 19.2 Å². The fourth-order valence-electron chi connectivity index (χ4n) is 2.48. The van der Waals surface area contributed by atoms with Gasteiger partial charge in [-0.15, -0.1) is 0 Å². The minimum Gasteiger partial charge on any atom is -0.497 e. The number of hydrogen-bond acceptors (Lipinski definition) is 3. The number of quaternary nitrogens is 1. The van der Waals surface area contributed by atoms with Crippen LogP contribution in [0, 0.1) is 0 Å². The average molecular weight is 364 g/mol. The highest BCUT2D eigenvalue weighted by Crippen LogP contribution is 2.27. The van der Waals surface area contributed by atoms with Crippen LogP contribution in [-0.2, 0) is 11.2 Å². The first-order valence-corrected chi connectivity index (χ1v) is 8.47. The molecular formula is C19H24ClN2O3+. The molecule has 0 heterocycles. The van der Waals surface area contributed by atoms with E-state index in [1.807, 2.05) is 31.3 Å². The molecule has 0 aliphatic rings. The first kappa shape index (κ1) is 19.1. The summed E-state index contributed by atoms with van der Waals surface area (Å²) in [5.74, 6) is 1.36. The van der Waals surface area contributed by atoms with Crippen LogP contribution < -0.4 is 19.7 Å². The van der Waals surface area contributed by atoms with Crippen LogP contribution in [-0.4, -0.2) is 40.3 Å². The van der Waals surface area contributed by atoms with Gasteiger partial charge < -0.3 is 19.7 Å². The van der Waals surface area contributed by atoms with Crippen molar-refractivity contribution in [3.05, 3.63) is 53.1 Å². The standard InChI is InChI=1S/C19H23ClN2O3/c1-22(11-10-14-4-7-16(24-2)8-5-14)13-19(23)21-17-12-15(20)6-9-18(17)25-3/h4-9,12H,10-11,13H2,1-3H3,(H,21,23)/p+1. The average Bonchev–Trinajstić information content (AvgIpc) is 2.60. The minimum atomic E-state index is -0.0761. The number of benzene rings is 2. The van der Waals surface area contributed by atoms with Crippen LogP contribution in [0.2, 0.25) is 5.02 Å². The molecule has 0 saturated carbocycles. The predicted octanol–water partition coefficient (Wildman–Crippen LogP) is 2.05. The Labute approximate surface area is 153 Å². The van der Waals surface area contributed by atoms with E-state index in [4.69, 9.17) is 21.1 Å². The van der Waals surface area contributed by atoms with Gasteiger partial charge in [0.1, 0.15) is 11.5 Å². The minimum absolute atomic E-state index is 0.0761. The Morgan fingerprint density at radius 2 is 1.84 bits per heavy atom. The molecule has 2 rings (SSSR count). The zero-order chi connectivity index (χ0) is 18.2. The lowest BCUT2D eigenvalue weighted by molar-refractivity contribution is -0.870. The monoisotopic (exact) mass is 363 g/mol. The molecule has 0 saturated heterocycles. The van der Waals surface area contributed by atoms with E-state index in [2.05, 4.69) is 5.32 Å². The second-order valence-electron chi connectivity index (χ2n) is 5.87. The van der Waals surface area contributed by atoms with E-state index >= 15 is 0 Å². The molecule has 0 fully saturated rings. The predicted molar refractivity (Wildman–Crippen MR) is 100.0 cm³/mol. The molecule has 134 valence electrons. The Kier molecular flexibility index (Phi) is 7.10. The number of nitrogens with one attached hydrogen (secondary N) is 2. The summed E-state index contributed by atoms with van der Waals surface area (Å²) in [6.07, 6.45) is 0.892. The van der Waals surface area contributed by atoms with Crippen molar-refractivity contribution in [3.63, 3.8) is 0 Å². The molecule has 0 aliphatic carbocycles. The van der Waals surface area contributed by atoms with E-state index < -0.39 is 0 Å². The van der Waals surface area contributed by atoms with Crippen LogP contribution in [0.4, 0.5) is 5.69 Å². The lowest BCUT2D eigenvalue weighted by Gasteiger charge is -2.15. The number of anilines is 1. The molecule has 0 radical (unpaired) electrons. The van der Waals surface area contributed by atoms with E-state index in [9.17, 15) is 4.79 Å². The number of likely N-dealkylation sites (N-methyl/N-ethyl adjacent to an activating group) is 1. The smallest absolute Gasteiger partial charge is 0.279 e. The van der Waals surface area contributed by atoms with Crippen molar-refractivity contribution >= 4 is 23.2 Å². The summed E-state index contributed by atoms with van der Waals surface area (Å²) < 4.78 is 10.4.